The molecule has 0 spiro atoms. The number of nitrogens with one attached hydrogen (secondary N) is 1. The zero-order valence-corrected chi connectivity index (χ0v) is 23.2. The minimum absolute atomic E-state index is 0.421. The fourth-order valence-corrected chi connectivity index (χ4v) is 5.41. The summed E-state index contributed by atoms with van der Waals surface area (Å²) >= 11 is 0. The van der Waals surface area contributed by atoms with Crippen molar-refractivity contribution >= 4 is 22.4 Å². The highest BCUT2D eigenvalue weighted by atomic mass is 17.2. The predicted octanol–water partition coefficient (Wildman–Crippen LogP) is 6.77. The monoisotopic (exact) mass is 562 g/mol. The van der Waals surface area contributed by atoms with Gasteiger partial charge in [0.1, 0.15) is 0 Å². The smallest absolute Gasteiger partial charge is 0.206 e. The van der Waals surface area contributed by atoms with Crippen LogP contribution in [-0.2, 0) is 0 Å². The first-order chi connectivity index (χ1) is 21.2. The Balaban J connectivity index is 1.60. The molecule has 1 aromatic carbocycles. The molecule has 0 atom stereocenters. The van der Waals surface area contributed by atoms with Crippen molar-refractivity contribution in [2.75, 3.05) is 0 Å². The standard InChI is InChI=1S/C35H26N6O2/c1-2-22(8-13-36)27-18-29-33(24-6-4-3-5-7-24)30-19-28(23-9-14-37-15-10-23)35(41-30)26-12-17-39-21-32(26)43-42-31-20-38-16-11-25(31)34(27)40-29/h2-21,40H,36H2,1H3/b13-8-,22-2+,33-30-. The van der Waals surface area contributed by atoms with Crippen LogP contribution < -0.4 is 15.5 Å². The maximum atomic E-state index is 6.00. The third-order valence-corrected chi connectivity index (χ3v) is 7.38. The topological polar surface area (TPSA) is 111 Å². The van der Waals surface area contributed by atoms with E-state index in [9.17, 15) is 0 Å². The van der Waals surface area contributed by atoms with E-state index in [1.807, 2.05) is 61.5 Å². The Morgan fingerprint density at radius 1 is 0.814 bits per heavy atom. The molecule has 0 saturated heterocycles. The molecule has 2 aliphatic rings. The summed E-state index contributed by atoms with van der Waals surface area (Å²) in [7, 11) is 0. The van der Waals surface area contributed by atoms with Crippen LogP contribution in [-0.4, -0.2) is 25.6 Å². The average Bonchev–Trinajstić information content (AvgIpc) is 3.69. The summed E-state index contributed by atoms with van der Waals surface area (Å²) in [6, 6.07) is 20.1. The molecule has 4 bridgehead atoms. The zero-order valence-electron chi connectivity index (χ0n) is 23.2. The minimum atomic E-state index is 0.421. The Hall–Kier alpha value is -6.02. The van der Waals surface area contributed by atoms with Crippen molar-refractivity contribution in [2.24, 2.45) is 10.7 Å². The summed E-state index contributed by atoms with van der Waals surface area (Å²) in [5.74, 6) is 0.855. The molecular formula is C35H26N6O2. The zero-order chi connectivity index (χ0) is 29.2. The number of hydrogen-bond acceptors (Lipinski definition) is 7. The molecule has 7 rings (SSSR count). The number of aliphatic imine (C=N–C) groups is 1. The van der Waals surface area contributed by atoms with Crippen molar-refractivity contribution in [1.82, 2.24) is 19.9 Å². The van der Waals surface area contributed by atoms with Gasteiger partial charge in [-0.2, -0.15) is 0 Å². The first-order valence-electron chi connectivity index (χ1n) is 13.8. The van der Waals surface area contributed by atoms with Gasteiger partial charge in [0.15, 0.2) is 0 Å². The molecule has 0 amide bonds. The predicted molar refractivity (Wildman–Crippen MR) is 168 cm³/mol. The molecule has 43 heavy (non-hydrogen) atoms. The van der Waals surface area contributed by atoms with E-state index in [2.05, 4.69) is 44.2 Å². The highest BCUT2D eigenvalue weighted by Gasteiger charge is 2.28. The molecular weight excluding hydrogens is 536 g/mol. The summed E-state index contributed by atoms with van der Waals surface area (Å²) in [6.07, 6.45) is 17.8. The van der Waals surface area contributed by atoms with E-state index >= 15 is 0 Å². The van der Waals surface area contributed by atoms with Crippen molar-refractivity contribution < 1.29 is 9.78 Å². The van der Waals surface area contributed by atoms with Gasteiger partial charge in [-0.25, -0.2) is 4.99 Å². The molecule has 4 aromatic heterocycles. The lowest BCUT2D eigenvalue weighted by molar-refractivity contribution is -0.100. The molecule has 0 saturated carbocycles. The molecule has 3 N–H and O–H groups in total. The van der Waals surface area contributed by atoms with Crippen LogP contribution in [0.4, 0.5) is 0 Å². The molecule has 0 radical (unpaired) electrons. The third kappa shape index (κ3) is 4.70. The SMILES string of the molecule is C/C=C(\C=C/N)c1cc2[nH]c1-c1ccncc1OOc1cnccc1C1=N/C(=C\2c2ccccc2)C=C1c1ccncc1. The summed E-state index contributed by atoms with van der Waals surface area (Å²) < 4.78 is 0. The molecule has 8 heteroatoms. The summed E-state index contributed by atoms with van der Waals surface area (Å²) in [5.41, 5.74) is 16.3. The third-order valence-electron chi connectivity index (χ3n) is 7.38. The Bertz CT molecular complexity index is 1990. The van der Waals surface area contributed by atoms with Crippen LogP contribution in [0.3, 0.4) is 0 Å². The van der Waals surface area contributed by atoms with Gasteiger partial charge in [0, 0.05) is 52.8 Å². The van der Waals surface area contributed by atoms with Crippen molar-refractivity contribution in [2.45, 2.75) is 6.92 Å². The van der Waals surface area contributed by atoms with E-state index < -0.39 is 0 Å². The van der Waals surface area contributed by atoms with Crippen LogP contribution in [0.5, 0.6) is 11.5 Å². The summed E-state index contributed by atoms with van der Waals surface area (Å²) in [6.45, 7) is 1.98. The molecule has 208 valence electrons. The normalized spacial score (nSPS) is 16.1. The summed E-state index contributed by atoms with van der Waals surface area (Å²) in [4.78, 5) is 33.8. The lowest BCUT2D eigenvalue weighted by atomic mass is 9.96. The highest BCUT2D eigenvalue weighted by molar-refractivity contribution is 6.35. The van der Waals surface area contributed by atoms with Gasteiger partial charge in [-0.3, -0.25) is 24.7 Å². The van der Waals surface area contributed by atoms with Crippen LogP contribution >= 0.6 is 0 Å². The number of benzene rings is 1. The Morgan fingerprint density at radius 3 is 2.23 bits per heavy atom. The average molecular weight is 563 g/mol. The fourth-order valence-electron chi connectivity index (χ4n) is 5.41. The number of fused-ring (bicyclic) bond motifs is 7. The van der Waals surface area contributed by atoms with Crippen LogP contribution in [0.2, 0.25) is 0 Å². The van der Waals surface area contributed by atoms with Crippen LogP contribution in [0.1, 0.15) is 34.9 Å². The van der Waals surface area contributed by atoms with Crippen LogP contribution in [0, 0.1) is 0 Å². The molecule has 0 unspecified atom stereocenters. The number of allylic oxidation sites excluding steroid dienone is 5. The van der Waals surface area contributed by atoms with Gasteiger partial charge in [-0.15, -0.1) is 0 Å². The van der Waals surface area contributed by atoms with Crippen LogP contribution in [0.25, 0.3) is 28.0 Å². The molecule has 0 fully saturated rings. The van der Waals surface area contributed by atoms with Gasteiger partial charge in [0.25, 0.3) is 0 Å². The maximum Gasteiger partial charge on any atom is 0.206 e. The number of aromatic amines is 1. The first kappa shape index (κ1) is 25.9. The number of aromatic nitrogens is 4. The van der Waals surface area contributed by atoms with Gasteiger partial charge in [0.05, 0.1) is 35.1 Å². The Labute approximate surface area is 248 Å². The van der Waals surface area contributed by atoms with E-state index in [0.717, 1.165) is 67.3 Å². The van der Waals surface area contributed by atoms with Gasteiger partial charge >= 0.3 is 0 Å². The second-order valence-corrected chi connectivity index (χ2v) is 9.87. The second-order valence-electron chi connectivity index (χ2n) is 9.87. The number of nitrogens with two attached hydrogens (primary N) is 1. The Morgan fingerprint density at radius 2 is 1.51 bits per heavy atom. The van der Waals surface area contributed by atoms with Gasteiger partial charge in [-0.05, 0) is 72.3 Å². The van der Waals surface area contributed by atoms with Gasteiger partial charge in [-0.1, -0.05) is 36.4 Å². The van der Waals surface area contributed by atoms with Gasteiger partial charge in [0.2, 0.25) is 11.5 Å². The van der Waals surface area contributed by atoms with E-state index in [4.69, 9.17) is 20.5 Å². The van der Waals surface area contributed by atoms with E-state index in [-0.39, 0.29) is 0 Å². The van der Waals surface area contributed by atoms with Crippen LogP contribution in [0.15, 0.2) is 133 Å². The van der Waals surface area contributed by atoms with Crippen molar-refractivity contribution in [1.29, 1.82) is 0 Å². The molecule has 6 heterocycles. The first-order valence-corrected chi connectivity index (χ1v) is 13.8. The highest BCUT2D eigenvalue weighted by Crippen LogP contribution is 2.42. The summed E-state index contributed by atoms with van der Waals surface area (Å²) in [5, 5.41) is 0. The molecule has 0 aliphatic carbocycles. The number of pyridine rings is 3. The van der Waals surface area contributed by atoms with Crippen molar-refractivity contribution in [3.8, 4) is 22.8 Å². The lowest BCUT2D eigenvalue weighted by Gasteiger charge is -2.14. The van der Waals surface area contributed by atoms with E-state index in [0.29, 0.717) is 11.5 Å². The Kier molecular flexibility index (Phi) is 6.69. The number of rotatable bonds is 4. The molecule has 2 aliphatic heterocycles. The maximum absolute atomic E-state index is 6.00. The molecule has 8 nitrogen and oxygen atoms in total. The molecule has 5 aromatic rings. The van der Waals surface area contributed by atoms with Gasteiger partial charge < -0.3 is 10.7 Å². The number of H-pyrrole nitrogens is 1. The second kappa shape index (κ2) is 11.1. The van der Waals surface area contributed by atoms with E-state index in [1.165, 1.54) is 6.20 Å². The van der Waals surface area contributed by atoms with E-state index in [1.54, 1.807) is 37.2 Å². The fraction of sp³-hybridized carbons (Fsp3) is 0.0286. The largest absolute Gasteiger partial charge is 0.405 e. The van der Waals surface area contributed by atoms with Crippen molar-refractivity contribution in [3.05, 3.63) is 156 Å². The number of hydrogen-bond donors (Lipinski definition) is 2. The lowest BCUT2D eigenvalue weighted by Crippen LogP contribution is -2.09. The minimum Gasteiger partial charge on any atom is -0.405 e. The van der Waals surface area contributed by atoms with Crippen molar-refractivity contribution in [3.63, 3.8) is 0 Å². The number of nitrogens with zero attached hydrogens (tertiary/aromatic N) is 4. The quantitative estimate of drug-likeness (QED) is 0.185.